The Kier molecular flexibility index (Phi) is 10.7. The van der Waals surface area contributed by atoms with E-state index in [2.05, 4.69) is 313 Å². The van der Waals surface area contributed by atoms with Crippen molar-refractivity contribution in [2.75, 3.05) is 9.80 Å². The van der Waals surface area contributed by atoms with Crippen LogP contribution < -0.4 is 36.4 Å². The van der Waals surface area contributed by atoms with Crippen molar-refractivity contribution in [3.63, 3.8) is 0 Å². The highest BCUT2D eigenvalue weighted by molar-refractivity contribution is 6.92. The van der Waals surface area contributed by atoms with Crippen molar-refractivity contribution in [1.29, 1.82) is 0 Å². The summed E-state index contributed by atoms with van der Waals surface area (Å²) < 4.78 is 6.63. The van der Waals surface area contributed by atoms with Crippen LogP contribution in [0.4, 0.5) is 34.1 Å². The van der Waals surface area contributed by atoms with Gasteiger partial charge in [-0.1, -0.05) is 277 Å². The molecule has 0 bridgehead atoms. The summed E-state index contributed by atoms with van der Waals surface area (Å²) in [7, 11) is 0. The van der Waals surface area contributed by atoms with Gasteiger partial charge in [-0.05, 0) is 105 Å². The molecule has 17 rings (SSSR count). The molecule has 5 unspecified atom stereocenters. The minimum Gasteiger partial charge on any atom is -0.453 e. The first-order chi connectivity index (χ1) is 40.8. The Bertz CT molecular complexity index is 4500. The molecule has 12 aromatic rings. The van der Waals surface area contributed by atoms with Crippen molar-refractivity contribution in [3.8, 4) is 11.5 Å². The van der Waals surface area contributed by atoms with Crippen molar-refractivity contribution in [3.05, 3.63) is 315 Å². The first-order valence-corrected chi connectivity index (χ1v) is 29.1. The quantitative estimate of drug-likeness (QED) is 0.122. The SMILES string of the molecule is C1=CC2B(c3c4ccccc4c(N(c4ccccc4)c4ccccc4)c4ccccc34)c3ccccc3C3(c4ccccc4B(c4c5ccccc5c(N5c6ccccc6Oc6ccccc65)c5ccccc45)C4C=CC=CC43)C2C=C1. The molecule has 2 aliphatic carbocycles. The Hall–Kier alpha value is -9.83. The number of rotatable bonds is 6. The third kappa shape index (κ3) is 6.68. The molecule has 0 amide bonds. The van der Waals surface area contributed by atoms with Crippen LogP contribution in [0.1, 0.15) is 11.1 Å². The summed E-state index contributed by atoms with van der Waals surface area (Å²) in [6.45, 7) is 0.0753. The van der Waals surface area contributed by atoms with E-state index in [1.165, 1.54) is 87.4 Å². The highest BCUT2D eigenvalue weighted by atomic mass is 16.5. The van der Waals surface area contributed by atoms with Gasteiger partial charge in [-0.25, -0.2) is 0 Å². The van der Waals surface area contributed by atoms with Gasteiger partial charge in [-0.2, -0.15) is 0 Å². The van der Waals surface area contributed by atoms with Crippen molar-refractivity contribution in [1.82, 2.24) is 0 Å². The molecule has 3 nitrogen and oxygen atoms in total. The van der Waals surface area contributed by atoms with Crippen LogP contribution in [0.2, 0.25) is 11.6 Å². The highest BCUT2D eigenvalue weighted by Gasteiger charge is 2.62. The summed E-state index contributed by atoms with van der Waals surface area (Å²) in [5.74, 6) is 2.17. The number of benzene rings is 12. The molecule has 0 saturated carbocycles. The molecule has 384 valence electrons. The zero-order chi connectivity index (χ0) is 53.9. The van der Waals surface area contributed by atoms with E-state index >= 15 is 0 Å². The molecule has 5 aliphatic rings. The molecule has 0 N–H and O–H groups in total. The summed E-state index contributed by atoms with van der Waals surface area (Å²) in [6.07, 6.45) is 19.8. The largest absolute Gasteiger partial charge is 0.453 e. The second-order valence-corrected chi connectivity index (χ2v) is 22.8. The summed E-state index contributed by atoms with van der Waals surface area (Å²) in [6, 6.07) is 95.0. The Labute approximate surface area is 479 Å². The molecule has 5 atom stereocenters. The lowest BCUT2D eigenvalue weighted by Crippen LogP contribution is -2.68. The minimum absolute atomic E-state index is 0.0326. The number of hydrogen-bond donors (Lipinski definition) is 0. The van der Waals surface area contributed by atoms with Gasteiger partial charge in [0.25, 0.3) is 0 Å². The summed E-state index contributed by atoms with van der Waals surface area (Å²) >= 11 is 0. The summed E-state index contributed by atoms with van der Waals surface area (Å²) in [4.78, 5) is 4.93. The van der Waals surface area contributed by atoms with Crippen LogP contribution in [-0.2, 0) is 5.41 Å². The smallest absolute Gasteiger partial charge is 0.218 e. The maximum Gasteiger partial charge on any atom is 0.218 e. The molecule has 82 heavy (non-hydrogen) atoms. The normalized spacial score (nSPS) is 19.8. The molecule has 0 fully saturated rings. The Morgan fingerprint density at radius 2 is 0.695 bits per heavy atom. The number of para-hydroxylation sites is 6. The number of hydrogen-bond acceptors (Lipinski definition) is 3. The molecule has 3 aliphatic heterocycles. The lowest BCUT2D eigenvalue weighted by atomic mass is 9.19. The number of ether oxygens (including phenoxy) is 1. The number of fused-ring (bicyclic) bond motifs is 14. The van der Waals surface area contributed by atoms with Crippen LogP contribution in [0, 0.1) is 11.8 Å². The van der Waals surface area contributed by atoms with Crippen LogP contribution in [0.3, 0.4) is 0 Å². The fourth-order valence-corrected chi connectivity index (χ4v) is 16.2. The van der Waals surface area contributed by atoms with Crippen molar-refractivity contribution < 1.29 is 4.74 Å². The van der Waals surface area contributed by atoms with E-state index in [1.54, 1.807) is 0 Å². The van der Waals surface area contributed by atoms with E-state index in [0.717, 1.165) is 34.2 Å². The van der Waals surface area contributed by atoms with E-state index < -0.39 is 5.41 Å². The second-order valence-electron chi connectivity index (χ2n) is 22.8. The van der Waals surface area contributed by atoms with E-state index in [0.29, 0.717) is 0 Å². The molecule has 1 spiro atoms. The summed E-state index contributed by atoms with van der Waals surface area (Å²) in [5.41, 5.74) is 14.7. The molecular formula is C77H54B2N2O. The van der Waals surface area contributed by atoms with Gasteiger partial charge in [0, 0.05) is 38.3 Å². The van der Waals surface area contributed by atoms with Gasteiger partial charge in [-0.3, -0.25) is 0 Å². The molecular weight excluding hydrogens is 990 g/mol. The van der Waals surface area contributed by atoms with Gasteiger partial charge in [0.2, 0.25) is 13.4 Å². The molecule has 5 heteroatoms. The van der Waals surface area contributed by atoms with Gasteiger partial charge >= 0.3 is 0 Å². The number of anilines is 6. The van der Waals surface area contributed by atoms with E-state index in [9.17, 15) is 0 Å². The van der Waals surface area contributed by atoms with Crippen LogP contribution >= 0.6 is 0 Å². The lowest BCUT2D eigenvalue weighted by Gasteiger charge is -2.60. The predicted octanol–water partition coefficient (Wildman–Crippen LogP) is 17.1. The molecule has 0 radical (unpaired) electrons. The molecule has 0 saturated heterocycles. The average Bonchev–Trinajstić information content (AvgIpc) is 2.48. The number of allylic oxidation sites excluding steroid dienone is 8. The third-order valence-electron chi connectivity index (χ3n) is 19.1. The van der Waals surface area contributed by atoms with Gasteiger partial charge in [0.15, 0.2) is 11.5 Å². The average molecular weight is 1040 g/mol. The minimum atomic E-state index is -0.423. The zero-order valence-corrected chi connectivity index (χ0v) is 45.1. The van der Waals surface area contributed by atoms with Crippen LogP contribution in [0.25, 0.3) is 43.1 Å². The lowest BCUT2D eigenvalue weighted by molar-refractivity contribution is 0.281. The maximum absolute atomic E-state index is 6.63. The highest BCUT2D eigenvalue weighted by Crippen LogP contribution is 2.62. The van der Waals surface area contributed by atoms with Crippen LogP contribution in [0.5, 0.6) is 11.5 Å². The van der Waals surface area contributed by atoms with E-state index in [1.807, 2.05) is 0 Å². The monoisotopic (exact) mass is 1040 g/mol. The zero-order valence-electron chi connectivity index (χ0n) is 45.1. The van der Waals surface area contributed by atoms with Gasteiger partial charge < -0.3 is 14.5 Å². The van der Waals surface area contributed by atoms with Crippen molar-refractivity contribution >= 4 is 112 Å². The number of nitrogens with zero attached hydrogens (tertiary/aromatic N) is 2. The fourth-order valence-electron chi connectivity index (χ4n) is 16.2. The third-order valence-corrected chi connectivity index (χ3v) is 19.1. The molecule has 12 aromatic carbocycles. The Morgan fingerprint density at radius 1 is 0.341 bits per heavy atom. The Balaban J connectivity index is 0.913. The first-order valence-electron chi connectivity index (χ1n) is 29.1. The fraction of sp³-hybridized carbons (Fsp3) is 0.0649. The summed E-state index contributed by atoms with van der Waals surface area (Å²) in [5, 5.41) is 10.1. The first kappa shape index (κ1) is 47.0. The van der Waals surface area contributed by atoms with Gasteiger partial charge in [0.1, 0.15) is 0 Å². The topological polar surface area (TPSA) is 15.7 Å². The van der Waals surface area contributed by atoms with Crippen LogP contribution in [0.15, 0.2) is 303 Å². The van der Waals surface area contributed by atoms with Crippen molar-refractivity contribution in [2.45, 2.75) is 17.0 Å². The van der Waals surface area contributed by atoms with E-state index in [4.69, 9.17) is 4.74 Å². The van der Waals surface area contributed by atoms with E-state index in [-0.39, 0.29) is 36.9 Å². The second kappa shape index (κ2) is 18.6. The molecule has 3 heterocycles. The Morgan fingerprint density at radius 3 is 1.16 bits per heavy atom. The predicted molar refractivity (Wildman–Crippen MR) is 347 cm³/mol. The standard InChI is InChI=1S/C77H54B2N2O/c1-3-27-51(28-4-1)80(52-29-5-2-6-30-52)75-57-35-11-7-31-53(57)73(54-32-8-12-36-58(54)75)78-65-43-19-15-39-61(65)77(62-40-16-20-44-66(62)78)63-41-17-21-45-67(63)79(68-46-22-18-42-64(68)77)74-55-33-9-13-37-59(55)76(60-38-14-10-34-56(60)74)81-69-47-23-25-49-71(69)82-72-50-26-24-48-70(72)81/h1-50,61,63,65,67H. The van der Waals surface area contributed by atoms with Gasteiger partial charge in [-0.15, -0.1) is 0 Å². The van der Waals surface area contributed by atoms with Gasteiger partial charge in [0.05, 0.1) is 22.7 Å². The van der Waals surface area contributed by atoms with Crippen LogP contribution in [-0.4, -0.2) is 13.4 Å². The van der Waals surface area contributed by atoms with Crippen molar-refractivity contribution in [2.24, 2.45) is 11.8 Å². The maximum atomic E-state index is 6.63. The molecule has 0 aromatic heterocycles.